The van der Waals surface area contributed by atoms with Crippen molar-refractivity contribution in [1.29, 1.82) is 0 Å². The fraction of sp³-hybridized carbons (Fsp3) is 0.167. The number of nitro groups is 1. The first-order chi connectivity index (χ1) is 9.43. The second-order valence-electron chi connectivity index (χ2n) is 3.92. The van der Waals surface area contributed by atoms with E-state index in [1.165, 1.54) is 13.2 Å². The molecular formula is C12H10F2N2O4. The summed E-state index contributed by atoms with van der Waals surface area (Å²) in [5.74, 6) is -2.51. The third-order valence-electron chi connectivity index (χ3n) is 2.70. The van der Waals surface area contributed by atoms with Crippen LogP contribution in [0, 0.1) is 21.7 Å². The number of furan rings is 1. The van der Waals surface area contributed by atoms with Gasteiger partial charge >= 0.3 is 5.88 Å². The number of halogens is 2. The summed E-state index contributed by atoms with van der Waals surface area (Å²) in [6.07, 6.45) is 0. The first-order valence-corrected chi connectivity index (χ1v) is 5.46. The molecular weight excluding hydrogens is 274 g/mol. The van der Waals surface area contributed by atoms with Crippen LogP contribution in [0.3, 0.4) is 0 Å². The number of benzene rings is 1. The van der Waals surface area contributed by atoms with Gasteiger partial charge in [0.1, 0.15) is 28.1 Å². The van der Waals surface area contributed by atoms with Gasteiger partial charge in [-0.15, -0.1) is 0 Å². The van der Waals surface area contributed by atoms with Gasteiger partial charge in [-0.25, -0.2) is 8.78 Å². The van der Waals surface area contributed by atoms with E-state index in [1.54, 1.807) is 0 Å². The molecule has 2 aromatic rings. The Balaban J connectivity index is 2.42. The smallest absolute Gasteiger partial charge is 0.433 e. The molecule has 106 valence electrons. The zero-order chi connectivity index (χ0) is 14.9. The van der Waals surface area contributed by atoms with Gasteiger partial charge in [-0.1, -0.05) is 0 Å². The average Bonchev–Trinajstić information content (AvgIpc) is 2.87. The maximum Gasteiger partial charge on any atom is 0.433 e. The van der Waals surface area contributed by atoms with Crippen LogP contribution in [0.1, 0.15) is 17.4 Å². The van der Waals surface area contributed by atoms with E-state index in [1.807, 2.05) is 0 Å². The lowest BCUT2D eigenvalue weighted by atomic mass is 10.0. The Kier molecular flexibility index (Phi) is 3.66. The van der Waals surface area contributed by atoms with Crippen LogP contribution in [0.5, 0.6) is 5.75 Å². The van der Waals surface area contributed by atoms with Crippen LogP contribution in [0.25, 0.3) is 0 Å². The van der Waals surface area contributed by atoms with Crippen molar-refractivity contribution in [3.8, 4) is 5.75 Å². The van der Waals surface area contributed by atoms with Gasteiger partial charge in [0.2, 0.25) is 0 Å². The Bertz CT molecular complexity index is 634. The molecule has 0 aliphatic heterocycles. The zero-order valence-electron chi connectivity index (χ0n) is 10.3. The zero-order valence-corrected chi connectivity index (χ0v) is 10.3. The van der Waals surface area contributed by atoms with Gasteiger partial charge in [0.25, 0.3) is 0 Å². The molecule has 20 heavy (non-hydrogen) atoms. The normalized spacial score (nSPS) is 12.2. The molecule has 0 fully saturated rings. The maximum absolute atomic E-state index is 13.8. The fourth-order valence-electron chi connectivity index (χ4n) is 1.73. The van der Waals surface area contributed by atoms with Crippen molar-refractivity contribution < 1.29 is 22.9 Å². The van der Waals surface area contributed by atoms with Crippen molar-refractivity contribution in [3.63, 3.8) is 0 Å². The number of nitrogens with zero attached hydrogens (tertiary/aromatic N) is 1. The summed E-state index contributed by atoms with van der Waals surface area (Å²) in [5, 5.41) is 10.5. The van der Waals surface area contributed by atoms with E-state index in [4.69, 9.17) is 14.9 Å². The molecule has 1 aromatic heterocycles. The third kappa shape index (κ3) is 2.45. The Morgan fingerprint density at radius 2 is 1.95 bits per heavy atom. The molecule has 1 unspecified atom stereocenters. The molecule has 0 bridgehead atoms. The van der Waals surface area contributed by atoms with Crippen LogP contribution in [-0.2, 0) is 0 Å². The molecule has 0 spiro atoms. The fourth-order valence-corrected chi connectivity index (χ4v) is 1.73. The molecule has 0 amide bonds. The van der Waals surface area contributed by atoms with Crippen molar-refractivity contribution in [3.05, 3.63) is 57.3 Å². The van der Waals surface area contributed by atoms with Crippen molar-refractivity contribution in [1.82, 2.24) is 0 Å². The van der Waals surface area contributed by atoms with Crippen LogP contribution in [-0.4, -0.2) is 12.0 Å². The largest absolute Gasteiger partial charge is 0.497 e. The summed E-state index contributed by atoms with van der Waals surface area (Å²) in [5.41, 5.74) is 5.24. The summed E-state index contributed by atoms with van der Waals surface area (Å²) in [6, 6.07) is 2.90. The third-order valence-corrected chi connectivity index (χ3v) is 2.70. The van der Waals surface area contributed by atoms with Gasteiger partial charge in [0, 0.05) is 17.7 Å². The Labute approximate surface area is 111 Å². The lowest BCUT2D eigenvalue weighted by molar-refractivity contribution is -0.402. The Hall–Kier alpha value is -2.48. The minimum atomic E-state index is -1.30. The highest BCUT2D eigenvalue weighted by Gasteiger charge is 2.24. The number of nitrogens with two attached hydrogens (primary N) is 1. The first-order valence-electron chi connectivity index (χ1n) is 5.46. The monoisotopic (exact) mass is 284 g/mol. The molecule has 0 radical (unpaired) electrons. The second kappa shape index (κ2) is 5.25. The SMILES string of the molecule is COc1cc(F)c(C(N)c2ccc([N+](=O)[O-])o2)c(F)c1. The van der Waals surface area contributed by atoms with Gasteiger partial charge in [0.05, 0.1) is 19.2 Å². The highest BCUT2D eigenvalue weighted by molar-refractivity contribution is 5.36. The van der Waals surface area contributed by atoms with E-state index >= 15 is 0 Å². The minimum Gasteiger partial charge on any atom is -0.497 e. The van der Waals surface area contributed by atoms with Gasteiger partial charge in [0.15, 0.2) is 0 Å². The molecule has 0 aliphatic rings. The maximum atomic E-state index is 13.8. The first kappa shape index (κ1) is 13.9. The van der Waals surface area contributed by atoms with Gasteiger partial charge in [-0.2, -0.15) is 0 Å². The van der Waals surface area contributed by atoms with Crippen LogP contribution in [0.4, 0.5) is 14.7 Å². The summed E-state index contributed by atoms with van der Waals surface area (Å²) in [6.45, 7) is 0. The number of hydrogen-bond acceptors (Lipinski definition) is 5. The highest BCUT2D eigenvalue weighted by Crippen LogP contribution is 2.30. The van der Waals surface area contributed by atoms with Crippen LogP contribution in [0.2, 0.25) is 0 Å². The summed E-state index contributed by atoms with van der Waals surface area (Å²) >= 11 is 0. The van der Waals surface area contributed by atoms with E-state index < -0.39 is 34.0 Å². The van der Waals surface area contributed by atoms with Crippen molar-refractivity contribution in [2.45, 2.75) is 6.04 Å². The van der Waals surface area contributed by atoms with E-state index in [0.717, 1.165) is 18.2 Å². The van der Waals surface area contributed by atoms with Crippen molar-refractivity contribution in [2.75, 3.05) is 7.11 Å². The molecule has 1 aromatic carbocycles. The molecule has 2 rings (SSSR count). The predicted octanol–water partition coefficient (Wildman–Crippen LogP) is 2.52. The average molecular weight is 284 g/mol. The van der Waals surface area contributed by atoms with Gasteiger partial charge in [-0.05, 0) is 6.07 Å². The van der Waals surface area contributed by atoms with E-state index in [0.29, 0.717) is 0 Å². The lowest BCUT2D eigenvalue weighted by Crippen LogP contribution is -2.15. The Morgan fingerprint density at radius 1 is 1.35 bits per heavy atom. The van der Waals surface area contributed by atoms with E-state index in [9.17, 15) is 18.9 Å². The highest BCUT2D eigenvalue weighted by atomic mass is 19.1. The standard InChI is InChI=1S/C12H10F2N2O4/c1-19-6-4-7(13)11(8(14)5-6)12(15)9-2-3-10(20-9)16(17)18/h2-5,12H,15H2,1H3. The lowest BCUT2D eigenvalue weighted by Gasteiger charge is -2.12. The number of ether oxygens (including phenoxy) is 1. The number of rotatable bonds is 4. The quantitative estimate of drug-likeness (QED) is 0.688. The molecule has 0 saturated carbocycles. The summed E-state index contributed by atoms with van der Waals surface area (Å²) < 4.78 is 37.2. The second-order valence-corrected chi connectivity index (χ2v) is 3.92. The van der Waals surface area contributed by atoms with Crippen LogP contribution >= 0.6 is 0 Å². The molecule has 0 aliphatic carbocycles. The summed E-state index contributed by atoms with van der Waals surface area (Å²) in [4.78, 5) is 9.73. The van der Waals surface area contributed by atoms with Crippen LogP contribution in [0.15, 0.2) is 28.7 Å². The molecule has 2 N–H and O–H groups in total. The minimum absolute atomic E-state index is 0.00127. The Morgan fingerprint density at radius 3 is 2.40 bits per heavy atom. The summed E-state index contributed by atoms with van der Waals surface area (Å²) in [7, 11) is 1.27. The number of hydrogen-bond donors (Lipinski definition) is 1. The molecule has 1 heterocycles. The number of methoxy groups -OCH3 is 1. The molecule has 1 atom stereocenters. The van der Waals surface area contributed by atoms with E-state index in [-0.39, 0.29) is 11.5 Å². The van der Waals surface area contributed by atoms with Crippen molar-refractivity contribution >= 4 is 5.88 Å². The van der Waals surface area contributed by atoms with Crippen LogP contribution < -0.4 is 10.5 Å². The van der Waals surface area contributed by atoms with E-state index in [2.05, 4.69) is 0 Å². The van der Waals surface area contributed by atoms with Gasteiger partial charge in [-0.3, -0.25) is 10.1 Å². The predicted molar refractivity (Wildman–Crippen MR) is 64.3 cm³/mol. The molecule has 6 nitrogen and oxygen atoms in total. The van der Waals surface area contributed by atoms with Crippen molar-refractivity contribution in [2.24, 2.45) is 5.73 Å². The topological polar surface area (TPSA) is 91.5 Å². The molecule has 0 saturated heterocycles. The molecule has 8 heteroatoms. The van der Waals surface area contributed by atoms with Gasteiger partial charge < -0.3 is 14.9 Å².